The van der Waals surface area contributed by atoms with Crippen molar-refractivity contribution in [2.24, 2.45) is 0 Å². The van der Waals surface area contributed by atoms with Crippen LogP contribution in [-0.4, -0.2) is 34.3 Å². The van der Waals surface area contributed by atoms with Crippen molar-refractivity contribution in [3.05, 3.63) is 41.4 Å². The predicted octanol–water partition coefficient (Wildman–Crippen LogP) is 4.12. The Labute approximate surface area is 165 Å². The van der Waals surface area contributed by atoms with Gasteiger partial charge in [0.2, 0.25) is 5.95 Å². The van der Waals surface area contributed by atoms with Crippen molar-refractivity contribution in [1.29, 1.82) is 0 Å². The highest BCUT2D eigenvalue weighted by atomic mass is 16.5. The molecule has 0 fully saturated rings. The second-order valence-electron chi connectivity index (χ2n) is 6.97. The van der Waals surface area contributed by atoms with Gasteiger partial charge in [-0.3, -0.25) is 4.79 Å². The molecule has 2 aromatic rings. The lowest BCUT2D eigenvalue weighted by atomic mass is 9.93. The van der Waals surface area contributed by atoms with Gasteiger partial charge in [0, 0.05) is 11.3 Å². The van der Waals surface area contributed by atoms with Gasteiger partial charge < -0.3 is 14.8 Å². The first-order chi connectivity index (χ1) is 13.6. The number of ketones is 1. The number of methoxy groups -OCH3 is 1. The topological polar surface area (TPSA) is 78.3 Å². The number of fused-ring (bicyclic) bond motifs is 1. The molecule has 0 aliphatic carbocycles. The minimum Gasteiger partial charge on any atom is -0.493 e. The van der Waals surface area contributed by atoms with Gasteiger partial charge in [-0.15, -0.1) is 0 Å². The zero-order chi connectivity index (χ0) is 20.1. The standard InChI is InChI=1S/C21H28N4O3/c1-5-6-7-8-11-28-17-10-9-16(12-18(17)27-4)20-19(15(3)26)14(2)24-21-22-13-23-25(20)21/h9-10,12-13,20H,5-8,11H2,1-4H3,(H,22,23,24)/t20-/m0/s1. The summed E-state index contributed by atoms with van der Waals surface area (Å²) in [5, 5.41) is 7.47. The summed E-state index contributed by atoms with van der Waals surface area (Å²) < 4.78 is 13.2. The molecule has 0 radical (unpaired) electrons. The molecule has 0 unspecified atom stereocenters. The van der Waals surface area contributed by atoms with Crippen LogP contribution in [0.4, 0.5) is 5.95 Å². The van der Waals surface area contributed by atoms with Crippen LogP contribution in [0.15, 0.2) is 35.8 Å². The third-order valence-corrected chi connectivity index (χ3v) is 4.93. The van der Waals surface area contributed by atoms with E-state index < -0.39 is 0 Å². The molecule has 150 valence electrons. The Hall–Kier alpha value is -2.83. The molecule has 1 aromatic heterocycles. The normalized spacial score (nSPS) is 15.8. The highest BCUT2D eigenvalue weighted by Gasteiger charge is 2.32. The molecule has 1 aliphatic rings. The maximum absolute atomic E-state index is 12.4. The van der Waals surface area contributed by atoms with Crippen LogP contribution in [0.25, 0.3) is 0 Å². The van der Waals surface area contributed by atoms with E-state index in [0.717, 1.165) is 24.1 Å². The van der Waals surface area contributed by atoms with E-state index in [-0.39, 0.29) is 11.8 Å². The summed E-state index contributed by atoms with van der Waals surface area (Å²) >= 11 is 0. The summed E-state index contributed by atoms with van der Waals surface area (Å²) in [7, 11) is 1.62. The van der Waals surface area contributed by atoms with Crippen molar-refractivity contribution in [2.75, 3.05) is 19.0 Å². The number of ether oxygens (including phenoxy) is 2. The molecular weight excluding hydrogens is 356 g/mol. The van der Waals surface area contributed by atoms with Crippen LogP contribution in [0.3, 0.4) is 0 Å². The largest absolute Gasteiger partial charge is 0.493 e. The fourth-order valence-corrected chi connectivity index (χ4v) is 3.54. The molecule has 0 amide bonds. The van der Waals surface area contributed by atoms with Gasteiger partial charge in [0.1, 0.15) is 12.4 Å². The van der Waals surface area contributed by atoms with Gasteiger partial charge in [0.15, 0.2) is 17.3 Å². The molecule has 3 rings (SSSR count). The first kappa shape index (κ1) is 19.9. The number of nitrogens with zero attached hydrogens (tertiary/aromatic N) is 3. The fraction of sp³-hybridized carbons (Fsp3) is 0.476. The van der Waals surface area contributed by atoms with Crippen LogP contribution in [0.1, 0.15) is 58.1 Å². The summed E-state index contributed by atoms with van der Waals surface area (Å²) in [6, 6.07) is 5.42. The average molecular weight is 384 g/mol. The Morgan fingerprint density at radius 1 is 1.25 bits per heavy atom. The number of anilines is 1. The third-order valence-electron chi connectivity index (χ3n) is 4.93. The number of hydrogen-bond acceptors (Lipinski definition) is 6. The van der Waals surface area contributed by atoms with Gasteiger partial charge in [-0.2, -0.15) is 10.1 Å². The number of unbranched alkanes of at least 4 members (excludes halogenated alkanes) is 3. The Balaban J connectivity index is 1.89. The molecule has 7 nitrogen and oxygen atoms in total. The van der Waals surface area contributed by atoms with E-state index in [1.165, 1.54) is 19.2 Å². The van der Waals surface area contributed by atoms with Gasteiger partial charge in [-0.1, -0.05) is 32.3 Å². The molecule has 0 saturated carbocycles. The molecule has 0 saturated heterocycles. The maximum Gasteiger partial charge on any atom is 0.226 e. The van der Waals surface area contributed by atoms with Crippen LogP contribution < -0.4 is 14.8 Å². The van der Waals surface area contributed by atoms with Gasteiger partial charge in [-0.05, 0) is 38.0 Å². The first-order valence-corrected chi connectivity index (χ1v) is 9.75. The lowest BCUT2D eigenvalue weighted by molar-refractivity contribution is -0.114. The molecular formula is C21H28N4O3. The fourth-order valence-electron chi connectivity index (χ4n) is 3.54. The highest BCUT2D eigenvalue weighted by molar-refractivity contribution is 5.96. The Kier molecular flexibility index (Phi) is 6.34. The van der Waals surface area contributed by atoms with Crippen molar-refractivity contribution in [3.8, 4) is 11.5 Å². The number of hydrogen-bond donors (Lipinski definition) is 1. The van der Waals surface area contributed by atoms with Crippen LogP contribution in [0.2, 0.25) is 0 Å². The zero-order valence-corrected chi connectivity index (χ0v) is 17.0. The zero-order valence-electron chi connectivity index (χ0n) is 17.0. The molecule has 28 heavy (non-hydrogen) atoms. The van der Waals surface area contributed by atoms with Gasteiger partial charge >= 0.3 is 0 Å². The molecule has 0 spiro atoms. The second kappa shape index (κ2) is 8.91. The number of carbonyl (C=O) groups excluding carboxylic acids is 1. The smallest absolute Gasteiger partial charge is 0.226 e. The Bertz CT molecular complexity index is 872. The SMILES string of the molecule is CCCCCCOc1ccc([C@H]2C(C(C)=O)=C(C)Nc3ncnn32)cc1OC. The van der Waals surface area contributed by atoms with E-state index >= 15 is 0 Å². The molecule has 1 atom stereocenters. The molecule has 1 aromatic carbocycles. The number of carbonyl (C=O) groups is 1. The summed E-state index contributed by atoms with van der Waals surface area (Å²) in [6.07, 6.45) is 6.08. The first-order valence-electron chi connectivity index (χ1n) is 9.75. The van der Waals surface area contributed by atoms with Gasteiger partial charge in [-0.25, -0.2) is 4.68 Å². The summed E-state index contributed by atoms with van der Waals surface area (Å²) in [5.74, 6) is 1.96. The quantitative estimate of drug-likeness (QED) is 0.655. The molecule has 1 aliphatic heterocycles. The van der Waals surface area contributed by atoms with E-state index in [4.69, 9.17) is 9.47 Å². The Morgan fingerprint density at radius 3 is 2.79 bits per heavy atom. The van der Waals surface area contributed by atoms with Gasteiger partial charge in [0.05, 0.1) is 13.7 Å². The minimum atomic E-state index is -0.358. The lowest BCUT2D eigenvalue weighted by Crippen LogP contribution is -2.27. The molecule has 2 heterocycles. The van der Waals surface area contributed by atoms with Crippen molar-refractivity contribution >= 4 is 11.7 Å². The van der Waals surface area contributed by atoms with E-state index in [1.807, 2.05) is 25.1 Å². The van der Waals surface area contributed by atoms with E-state index in [0.29, 0.717) is 29.6 Å². The third kappa shape index (κ3) is 4.03. The number of nitrogens with one attached hydrogen (secondary N) is 1. The molecule has 7 heteroatoms. The van der Waals surface area contributed by atoms with Crippen molar-refractivity contribution in [1.82, 2.24) is 14.8 Å². The monoisotopic (exact) mass is 384 g/mol. The van der Waals surface area contributed by atoms with E-state index in [9.17, 15) is 4.79 Å². The number of allylic oxidation sites excluding steroid dienone is 2. The minimum absolute atomic E-state index is 0.00799. The van der Waals surface area contributed by atoms with Crippen LogP contribution in [-0.2, 0) is 4.79 Å². The molecule has 0 bridgehead atoms. The Morgan fingerprint density at radius 2 is 2.07 bits per heavy atom. The van der Waals surface area contributed by atoms with Crippen LogP contribution in [0, 0.1) is 0 Å². The van der Waals surface area contributed by atoms with Crippen molar-refractivity contribution < 1.29 is 14.3 Å². The lowest BCUT2D eigenvalue weighted by Gasteiger charge is -2.28. The summed E-state index contributed by atoms with van der Waals surface area (Å²) in [6.45, 7) is 6.30. The van der Waals surface area contributed by atoms with Crippen molar-refractivity contribution in [3.63, 3.8) is 0 Å². The second-order valence-corrected chi connectivity index (χ2v) is 6.97. The maximum atomic E-state index is 12.4. The summed E-state index contributed by atoms with van der Waals surface area (Å²) in [5.41, 5.74) is 2.34. The van der Waals surface area contributed by atoms with Crippen molar-refractivity contribution in [2.45, 2.75) is 52.5 Å². The average Bonchev–Trinajstić information content (AvgIpc) is 3.14. The highest BCUT2D eigenvalue weighted by Crippen LogP contribution is 2.38. The van der Waals surface area contributed by atoms with E-state index in [2.05, 4.69) is 22.3 Å². The van der Waals surface area contributed by atoms with Gasteiger partial charge in [0.25, 0.3) is 0 Å². The van der Waals surface area contributed by atoms with E-state index in [1.54, 1.807) is 18.7 Å². The van der Waals surface area contributed by atoms with Crippen LogP contribution >= 0.6 is 0 Å². The number of benzene rings is 1. The van der Waals surface area contributed by atoms with Crippen LogP contribution in [0.5, 0.6) is 11.5 Å². The summed E-state index contributed by atoms with van der Waals surface area (Å²) in [4.78, 5) is 16.6. The number of rotatable bonds is 9. The number of aromatic nitrogens is 3. The number of Topliss-reactive ketones (excluding diaryl/α,β-unsaturated/α-hetero) is 1. The molecule has 1 N–H and O–H groups in total. The predicted molar refractivity (Wildman–Crippen MR) is 108 cm³/mol.